The minimum atomic E-state index is -0.545. The quantitative estimate of drug-likeness (QED) is 0.446. The molecule has 0 saturated heterocycles. The highest BCUT2D eigenvalue weighted by atomic mass is 16.3. The Bertz CT molecular complexity index is 1230. The summed E-state index contributed by atoms with van der Waals surface area (Å²) >= 11 is 0. The number of amides is 2. The fourth-order valence-corrected chi connectivity index (χ4v) is 3.08. The van der Waals surface area contributed by atoms with E-state index < -0.39 is 11.8 Å². The Hall–Kier alpha value is -4.39. The van der Waals surface area contributed by atoms with Crippen LogP contribution in [0.1, 0.15) is 26.3 Å². The first-order valence-corrected chi connectivity index (χ1v) is 9.63. The fraction of sp³-hybridized carbons (Fsp3) is 0.0417. The third kappa shape index (κ3) is 4.45. The van der Waals surface area contributed by atoms with Crippen LogP contribution in [0.3, 0.4) is 0 Å². The van der Waals surface area contributed by atoms with Crippen LogP contribution in [-0.2, 0) is 0 Å². The molecule has 0 bridgehead atoms. The molecule has 7 nitrogen and oxygen atoms in total. The maximum absolute atomic E-state index is 12.9. The number of nitrogens with zero attached hydrogens (tertiary/aromatic N) is 2. The number of benzene rings is 3. The highest BCUT2D eigenvalue weighted by Crippen LogP contribution is 2.24. The smallest absolute Gasteiger partial charge is 0.273 e. The van der Waals surface area contributed by atoms with Gasteiger partial charge in [-0.1, -0.05) is 54.1 Å². The van der Waals surface area contributed by atoms with E-state index in [2.05, 4.69) is 16.0 Å². The van der Waals surface area contributed by atoms with Crippen molar-refractivity contribution in [3.05, 3.63) is 102 Å². The Labute approximate surface area is 178 Å². The third-order valence-corrected chi connectivity index (χ3v) is 4.70. The molecule has 1 aromatic heterocycles. The zero-order chi connectivity index (χ0) is 21.8. The zero-order valence-corrected chi connectivity index (χ0v) is 16.7. The van der Waals surface area contributed by atoms with Crippen molar-refractivity contribution in [2.75, 3.05) is 0 Å². The molecule has 0 radical (unpaired) electrons. The summed E-state index contributed by atoms with van der Waals surface area (Å²) in [5.74, 6) is -1.09. The lowest BCUT2D eigenvalue weighted by Crippen LogP contribution is -2.41. The number of nitrogens with one attached hydrogen (secondary N) is 2. The van der Waals surface area contributed by atoms with Gasteiger partial charge in [-0.15, -0.1) is 0 Å². The molecule has 4 aromatic rings. The standard InChI is InChI=1S/C24H20N4O3/c1-16-10-12-17(13-11-16)22-21(15-28(27-22)19-7-3-2-4-8-19)24(31)26-25-23(30)18-6-5-9-20(29)14-18/h2-15,29H,1H3,(H,25,30)(H,26,31). The summed E-state index contributed by atoms with van der Waals surface area (Å²) in [6.07, 6.45) is 1.63. The lowest BCUT2D eigenvalue weighted by Gasteiger charge is -2.08. The first-order valence-electron chi connectivity index (χ1n) is 9.63. The summed E-state index contributed by atoms with van der Waals surface area (Å²) in [6.45, 7) is 1.98. The van der Waals surface area contributed by atoms with Gasteiger partial charge in [0, 0.05) is 17.3 Å². The number of phenols is 1. The van der Waals surface area contributed by atoms with Crippen LogP contribution in [-0.4, -0.2) is 26.7 Å². The van der Waals surface area contributed by atoms with Crippen LogP contribution in [0.4, 0.5) is 0 Å². The second-order valence-corrected chi connectivity index (χ2v) is 7.00. The van der Waals surface area contributed by atoms with Gasteiger partial charge in [0.2, 0.25) is 0 Å². The Kier molecular flexibility index (Phi) is 5.49. The van der Waals surface area contributed by atoms with Crippen LogP contribution in [0.15, 0.2) is 85.1 Å². The first-order chi connectivity index (χ1) is 15.0. The van der Waals surface area contributed by atoms with Crippen molar-refractivity contribution < 1.29 is 14.7 Å². The second kappa shape index (κ2) is 8.54. The van der Waals surface area contributed by atoms with Gasteiger partial charge >= 0.3 is 0 Å². The molecule has 7 heteroatoms. The molecule has 0 spiro atoms. The molecule has 0 atom stereocenters. The number of hydrogen-bond donors (Lipinski definition) is 3. The number of aromatic hydroxyl groups is 1. The van der Waals surface area contributed by atoms with Gasteiger partial charge in [0.1, 0.15) is 11.4 Å². The predicted octanol–water partition coefficient (Wildman–Crippen LogP) is 3.63. The van der Waals surface area contributed by atoms with Crippen molar-refractivity contribution in [3.8, 4) is 22.7 Å². The van der Waals surface area contributed by atoms with Crippen LogP contribution < -0.4 is 10.9 Å². The zero-order valence-electron chi connectivity index (χ0n) is 16.7. The summed E-state index contributed by atoms with van der Waals surface area (Å²) in [7, 11) is 0. The molecule has 0 unspecified atom stereocenters. The monoisotopic (exact) mass is 412 g/mol. The number of para-hydroxylation sites is 1. The maximum atomic E-state index is 12.9. The molecule has 0 saturated carbocycles. The highest BCUT2D eigenvalue weighted by Gasteiger charge is 2.19. The molecule has 0 fully saturated rings. The number of rotatable bonds is 4. The molecule has 3 N–H and O–H groups in total. The number of carbonyl (C=O) groups is 2. The van der Waals surface area contributed by atoms with Crippen molar-refractivity contribution in [1.82, 2.24) is 20.6 Å². The van der Waals surface area contributed by atoms with Crippen molar-refractivity contribution in [1.29, 1.82) is 0 Å². The Morgan fingerprint density at radius 1 is 0.871 bits per heavy atom. The van der Waals surface area contributed by atoms with Crippen molar-refractivity contribution in [3.63, 3.8) is 0 Å². The van der Waals surface area contributed by atoms with Gasteiger partial charge in [-0.05, 0) is 37.3 Å². The largest absolute Gasteiger partial charge is 0.508 e. The Morgan fingerprint density at radius 2 is 1.58 bits per heavy atom. The normalized spacial score (nSPS) is 10.5. The van der Waals surface area contributed by atoms with Gasteiger partial charge in [0.05, 0.1) is 11.3 Å². The van der Waals surface area contributed by atoms with Crippen LogP contribution >= 0.6 is 0 Å². The topological polar surface area (TPSA) is 96.3 Å². The van der Waals surface area contributed by atoms with Crippen molar-refractivity contribution >= 4 is 11.8 Å². The van der Waals surface area contributed by atoms with Gasteiger partial charge in [-0.3, -0.25) is 20.4 Å². The van der Waals surface area contributed by atoms with E-state index in [4.69, 9.17) is 0 Å². The van der Waals surface area contributed by atoms with Gasteiger partial charge in [0.25, 0.3) is 11.8 Å². The van der Waals surface area contributed by atoms with E-state index >= 15 is 0 Å². The third-order valence-electron chi connectivity index (χ3n) is 4.70. The van der Waals surface area contributed by atoms with E-state index in [0.717, 1.165) is 16.8 Å². The molecule has 1 heterocycles. The van der Waals surface area contributed by atoms with E-state index in [0.29, 0.717) is 11.3 Å². The average molecular weight is 412 g/mol. The predicted molar refractivity (Wildman–Crippen MR) is 117 cm³/mol. The van der Waals surface area contributed by atoms with Gasteiger partial charge in [-0.25, -0.2) is 4.68 Å². The molecule has 0 aliphatic heterocycles. The van der Waals surface area contributed by atoms with Crippen molar-refractivity contribution in [2.24, 2.45) is 0 Å². The molecule has 154 valence electrons. The lowest BCUT2D eigenvalue weighted by atomic mass is 10.1. The van der Waals surface area contributed by atoms with Crippen LogP contribution in [0.25, 0.3) is 16.9 Å². The summed E-state index contributed by atoms with van der Waals surface area (Å²) in [5, 5.41) is 14.1. The van der Waals surface area contributed by atoms with Crippen molar-refractivity contribution in [2.45, 2.75) is 6.92 Å². The van der Waals surface area contributed by atoms with Crippen LogP contribution in [0.2, 0.25) is 0 Å². The highest BCUT2D eigenvalue weighted by molar-refractivity contribution is 6.02. The van der Waals surface area contributed by atoms with Gasteiger partial charge < -0.3 is 5.11 Å². The summed E-state index contributed by atoms with van der Waals surface area (Å²) in [6, 6.07) is 23.0. The van der Waals surface area contributed by atoms with Crippen LogP contribution in [0, 0.1) is 6.92 Å². The Morgan fingerprint density at radius 3 is 2.29 bits per heavy atom. The minimum Gasteiger partial charge on any atom is -0.508 e. The van der Waals surface area contributed by atoms with E-state index in [-0.39, 0.29) is 11.3 Å². The molecule has 2 amide bonds. The first kappa shape index (κ1) is 19.9. The minimum absolute atomic E-state index is 0.0372. The number of hydrogen-bond acceptors (Lipinski definition) is 4. The molecule has 0 aliphatic carbocycles. The average Bonchev–Trinajstić information content (AvgIpc) is 3.24. The van der Waals surface area contributed by atoms with E-state index in [1.807, 2.05) is 61.5 Å². The lowest BCUT2D eigenvalue weighted by molar-refractivity contribution is 0.0847. The molecular weight excluding hydrogens is 392 g/mol. The maximum Gasteiger partial charge on any atom is 0.273 e. The number of carbonyl (C=O) groups excluding carboxylic acids is 2. The molecule has 3 aromatic carbocycles. The van der Waals surface area contributed by atoms with Gasteiger partial charge in [-0.2, -0.15) is 5.10 Å². The SMILES string of the molecule is Cc1ccc(-c2nn(-c3ccccc3)cc2C(=O)NNC(=O)c2cccc(O)c2)cc1. The molecule has 31 heavy (non-hydrogen) atoms. The number of hydrazine groups is 1. The van der Waals surface area contributed by atoms with Gasteiger partial charge in [0.15, 0.2) is 0 Å². The molecule has 4 rings (SSSR count). The fourth-order valence-electron chi connectivity index (χ4n) is 3.08. The van der Waals surface area contributed by atoms with Crippen LogP contribution in [0.5, 0.6) is 5.75 Å². The molecular formula is C24H20N4O3. The van der Waals surface area contributed by atoms with E-state index in [1.165, 1.54) is 18.2 Å². The number of aryl methyl sites for hydroxylation is 1. The summed E-state index contributed by atoms with van der Waals surface area (Å²) in [4.78, 5) is 25.2. The summed E-state index contributed by atoms with van der Waals surface area (Å²) < 4.78 is 1.63. The number of phenolic OH excluding ortho intramolecular Hbond substituents is 1. The molecule has 0 aliphatic rings. The Balaban J connectivity index is 1.62. The number of aromatic nitrogens is 2. The van der Waals surface area contributed by atoms with E-state index in [9.17, 15) is 14.7 Å². The summed E-state index contributed by atoms with van der Waals surface area (Å²) in [5.41, 5.74) is 8.51. The second-order valence-electron chi connectivity index (χ2n) is 7.00. The van der Waals surface area contributed by atoms with E-state index in [1.54, 1.807) is 16.9 Å².